The SMILES string of the molecule is Cl.O=C1O[C@]2(CC[C@H](CNc3ccc(-c4ccccc4F)nn3)CC2)CN1c1cccnn1. The van der Waals surface area contributed by atoms with Crippen molar-refractivity contribution in [1.29, 1.82) is 0 Å². The van der Waals surface area contributed by atoms with E-state index in [2.05, 4.69) is 25.7 Å². The molecule has 2 aliphatic rings. The van der Waals surface area contributed by atoms with Crippen molar-refractivity contribution >= 4 is 30.1 Å². The summed E-state index contributed by atoms with van der Waals surface area (Å²) in [6.45, 7) is 1.26. The smallest absolute Gasteiger partial charge is 0.416 e. The molecule has 172 valence electrons. The fraction of sp³-hybridized carbons (Fsp3) is 0.348. The first kappa shape index (κ1) is 22.8. The first-order chi connectivity index (χ1) is 15.6. The summed E-state index contributed by atoms with van der Waals surface area (Å²) in [6.07, 6.45) is 4.72. The molecule has 1 aliphatic heterocycles. The van der Waals surface area contributed by atoms with E-state index in [9.17, 15) is 9.18 Å². The molecule has 3 aromatic rings. The number of anilines is 2. The van der Waals surface area contributed by atoms with Crippen LogP contribution in [0.4, 0.5) is 20.8 Å². The summed E-state index contributed by atoms with van der Waals surface area (Å²) < 4.78 is 19.7. The van der Waals surface area contributed by atoms with Crippen LogP contribution >= 0.6 is 12.4 Å². The maximum Gasteiger partial charge on any atom is 0.416 e. The van der Waals surface area contributed by atoms with Gasteiger partial charge in [0.05, 0.1) is 12.2 Å². The minimum Gasteiger partial charge on any atom is -0.441 e. The number of benzene rings is 1. The standard InChI is InChI=1S/C23H23FN6O2.ClH/c24-18-5-2-1-4-17(18)19-7-8-20(28-27-19)25-14-16-9-11-23(12-10-16)15-30(22(31)32-23)21-6-3-13-26-29-21;/h1-8,13,16H,9-12,14-15H2,(H,25,28);1H/t16-,23-;. The Balaban J connectivity index is 0.00000259. The fourth-order valence-corrected chi connectivity index (χ4v) is 4.39. The number of nitrogens with one attached hydrogen (secondary N) is 1. The van der Waals surface area contributed by atoms with Crippen LogP contribution in [0.3, 0.4) is 0 Å². The number of halogens is 2. The van der Waals surface area contributed by atoms with E-state index in [1.54, 1.807) is 47.5 Å². The molecule has 8 nitrogen and oxygen atoms in total. The third kappa shape index (κ3) is 4.88. The zero-order chi connectivity index (χ0) is 22.0. The summed E-state index contributed by atoms with van der Waals surface area (Å²) in [6, 6.07) is 13.6. The van der Waals surface area contributed by atoms with E-state index < -0.39 is 5.60 Å². The number of ether oxygens (including phenoxy) is 1. The van der Waals surface area contributed by atoms with Crippen molar-refractivity contribution < 1.29 is 13.9 Å². The highest BCUT2D eigenvalue weighted by atomic mass is 35.5. The van der Waals surface area contributed by atoms with Gasteiger partial charge in [0.2, 0.25) is 0 Å². The lowest BCUT2D eigenvalue weighted by Crippen LogP contribution is -2.39. The Labute approximate surface area is 197 Å². The highest BCUT2D eigenvalue weighted by Gasteiger charge is 2.48. The van der Waals surface area contributed by atoms with Gasteiger partial charge in [-0.1, -0.05) is 12.1 Å². The van der Waals surface area contributed by atoms with Crippen LogP contribution in [-0.4, -0.2) is 45.2 Å². The van der Waals surface area contributed by atoms with Crippen LogP contribution in [0.15, 0.2) is 54.7 Å². The molecule has 1 saturated carbocycles. The minimum absolute atomic E-state index is 0. The molecule has 1 N–H and O–H groups in total. The average molecular weight is 471 g/mol. The molecule has 2 aromatic heterocycles. The molecule has 1 amide bonds. The molecule has 3 heterocycles. The third-order valence-electron chi connectivity index (χ3n) is 6.21. The topological polar surface area (TPSA) is 93.1 Å². The lowest BCUT2D eigenvalue weighted by atomic mass is 9.78. The van der Waals surface area contributed by atoms with Gasteiger partial charge in [0.15, 0.2) is 5.82 Å². The largest absolute Gasteiger partial charge is 0.441 e. The Morgan fingerprint density at radius 2 is 1.88 bits per heavy atom. The number of carbonyl (C=O) groups excluding carboxylic acids is 1. The molecule has 1 aromatic carbocycles. The number of hydrogen-bond acceptors (Lipinski definition) is 7. The van der Waals surface area contributed by atoms with Crippen LogP contribution in [0.1, 0.15) is 25.7 Å². The summed E-state index contributed by atoms with van der Waals surface area (Å²) >= 11 is 0. The van der Waals surface area contributed by atoms with Crippen LogP contribution in [0.5, 0.6) is 0 Å². The highest BCUT2D eigenvalue weighted by molar-refractivity contribution is 5.89. The van der Waals surface area contributed by atoms with Crippen molar-refractivity contribution in [2.75, 3.05) is 23.3 Å². The molecule has 1 saturated heterocycles. The second-order valence-corrected chi connectivity index (χ2v) is 8.33. The Bertz CT molecular complexity index is 1090. The van der Waals surface area contributed by atoms with E-state index in [4.69, 9.17) is 4.74 Å². The highest BCUT2D eigenvalue weighted by Crippen LogP contribution is 2.40. The van der Waals surface area contributed by atoms with Crippen molar-refractivity contribution in [3.63, 3.8) is 0 Å². The van der Waals surface area contributed by atoms with Gasteiger partial charge in [-0.15, -0.1) is 27.7 Å². The van der Waals surface area contributed by atoms with Gasteiger partial charge in [-0.2, -0.15) is 5.10 Å². The van der Waals surface area contributed by atoms with E-state index in [-0.39, 0.29) is 24.3 Å². The van der Waals surface area contributed by atoms with Gasteiger partial charge < -0.3 is 10.1 Å². The van der Waals surface area contributed by atoms with Crippen LogP contribution in [0.2, 0.25) is 0 Å². The molecule has 2 fully saturated rings. The Morgan fingerprint density at radius 1 is 1.06 bits per heavy atom. The Hall–Kier alpha value is -3.33. The van der Waals surface area contributed by atoms with Gasteiger partial charge in [0.1, 0.15) is 17.2 Å². The van der Waals surface area contributed by atoms with Crippen molar-refractivity contribution in [2.24, 2.45) is 5.92 Å². The molecule has 10 heteroatoms. The predicted octanol–water partition coefficient (Wildman–Crippen LogP) is 4.49. The predicted molar refractivity (Wildman–Crippen MR) is 124 cm³/mol. The van der Waals surface area contributed by atoms with Gasteiger partial charge in [-0.05, 0) is 68.0 Å². The monoisotopic (exact) mass is 470 g/mol. The molecule has 0 radical (unpaired) electrons. The second-order valence-electron chi connectivity index (χ2n) is 8.33. The summed E-state index contributed by atoms with van der Waals surface area (Å²) in [5, 5.41) is 19.5. The number of carbonyl (C=O) groups is 1. The summed E-state index contributed by atoms with van der Waals surface area (Å²) in [7, 11) is 0. The molecule has 1 spiro atoms. The van der Waals surface area contributed by atoms with E-state index in [0.717, 1.165) is 32.2 Å². The van der Waals surface area contributed by atoms with E-state index in [1.807, 2.05) is 6.07 Å². The second kappa shape index (κ2) is 9.66. The van der Waals surface area contributed by atoms with Gasteiger partial charge in [0.25, 0.3) is 0 Å². The maximum atomic E-state index is 13.9. The maximum absolute atomic E-state index is 13.9. The third-order valence-corrected chi connectivity index (χ3v) is 6.21. The molecule has 33 heavy (non-hydrogen) atoms. The van der Waals surface area contributed by atoms with Gasteiger partial charge in [0, 0.05) is 18.3 Å². The first-order valence-corrected chi connectivity index (χ1v) is 10.7. The van der Waals surface area contributed by atoms with E-state index in [1.165, 1.54) is 6.07 Å². The number of aromatic nitrogens is 4. The van der Waals surface area contributed by atoms with E-state index >= 15 is 0 Å². The zero-order valence-corrected chi connectivity index (χ0v) is 18.7. The molecule has 0 atom stereocenters. The first-order valence-electron chi connectivity index (χ1n) is 10.7. The average Bonchev–Trinajstić information content (AvgIpc) is 3.16. The fourth-order valence-electron chi connectivity index (χ4n) is 4.39. The van der Waals surface area contributed by atoms with E-state index in [0.29, 0.717) is 35.4 Å². The van der Waals surface area contributed by atoms with Crippen LogP contribution in [-0.2, 0) is 4.74 Å². The van der Waals surface area contributed by atoms with Gasteiger partial charge >= 0.3 is 6.09 Å². The molecule has 5 rings (SSSR count). The van der Waals surface area contributed by atoms with Gasteiger partial charge in [-0.3, -0.25) is 4.90 Å². The van der Waals surface area contributed by atoms with Crippen LogP contribution in [0.25, 0.3) is 11.3 Å². The van der Waals surface area contributed by atoms with Gasteiger partial charge in [-0.25, -0.2) is 9.18 Å². The Kier molecular flexibility index (Phi) is 6.69. The van der Waals surface area contributed by atoms with Crippen LogP contribution < -0.4 is 10.2 Å². The number of hydrogen-bond donors (Lipinski definition) is 1. The van der Waals surface area contributed by atoms with Crippen molar-refractivity contribution in [3.05, 3.63) is 60.5 Å². The molecule has 1 aliphatic carbocycles. The molecule has 0 unspecified atom stereocenters. The Morgan fingerprint density at radius 3 is 2.58 bits per heavy atom. The van der Waals surface area contributed by atoms with Crippen molar-refractivity contribution in [2.45, 2.75) is 31.3 Å². The van der Waals surface area contributed by atoms with Crippen LogP contribution in [0, 0.1) is 11.7 Å². The zero-order valence-electron chi connectivity index (χ0n) is 17.9. The number of nitrogens with zero attached hydrogens (tertiary/aromatic N) is 5. The summed E-state index contributed by atoms with van der Waals surface area (Å²) in [5.41, 5.74) is 0.488. The molecular formula is C23H24ClFN6O2. The lowest BCUT2D eigenvalue weighted by molar-refractivity contribution is 0.0148. The normalized spacial score (nSPS) is 22.0. The number of amides is 1. The van der Waals surface area contributed by atoms with Crippen molar-refractivity contribution in [3.8, 4) is 11.3 Å². The molecule has 0 bridgehead atoms. The summed E-state index contributed by atoms with van der Waals surface area (Å²) in [5.74, 6) is 1.31. The van der Waals surface area contributed by atoms with Crippen molar-refractivity contribution in [1.82, 2.24) is 20.4 Å². The minimum atomic E-state index is -0.452. The lowest BCUT2D eigenvalue weighted by Gasteiger charge is -2.35. The summed E-state index contributed by atoms with van der Waals surface area (Å²) in [4.78, 5) is 13.9. The quantitative estimate of drug-likeness (QED) is 0.587. The molecular weight excluding hydrogens is 447 g/mol. The number of rotatable bonds is 5.